The molecule has 0 radical (unpaired) electrons. The van der Waals surface area contributed by atoms with Crippen molar-refractivity contribution < 1.29 is 0 Å². The summed E-state index contributed by atoms with van der Waals surface area (Å²) in [4.78, 5) is 2.35. The van der Waals surface area contributed by atoms with Crippen LogP contribution >= 0.6 is 15.9 Å². The Morgan fingerprint density at radius 1 is 1.27 bits per heavy atom. The highest BCUT2D eigenvalue weighted by Crippen LogP contribution is 2.35. The molecule has 82 valence electrons. The van der Waals surface area contributed by atoms with Crippen LogP contribution < -0.4 is 0 Å². The van der Waals surface area contributed by atoms with Gasteiger partial charge in [-0.3, -0.25) is 9.58 Å². The van der Waals surface area contributed by atoms with Crippen molar-refractivity contribution in [2.45, 2.75) is 44.8 Å². The quantitative estimate of drug-likeness (QED) is 0.782. The average molecular weight is 270 g/mol. The molecule has 1 saturated carbocycles. The van der Waals surface area contributed by atoms with Gasteiger partial charge >= 0.3 is 0 Å². The summed E-state index contributed by atoms with van der Waals surface area (Å²) in [5.74, 6) is 0. The fourth-order valence-corrected chi connectivity index (χ4v) is 3.35. The summed E-state index contributed by atoms with van der Waals surface area (Å²) < 4.78 is 3.35. The van der Waals surface area contributed by atoms with Gasteiger partial charge in [-0.15, -0.1) is 0 Å². The van der Waals surface area contributed by atoms with Crippen LogP contribution in [0.3, 0.4) is 0 Å². The monoisotopic (exact) mass is 269 g/mol. The predicted octanol–water partition coefficient (Wildman–Crippen LogP) is 2.71. The van der Waals surface area contributed by atoms with Crippen molar-refractivity contribution in [2.24, 2.45) is 0 Å². The molecule has 1 fully saturated rings. The van der Waals surface area contributed by atoms with E-state index in [4.69, 9.17) is 0 Å². The van der Waals surface area contributed by atoms with Crippen LogP contribution in [-0.4, -0.2) is 21.7 Å². The summed E-state index contributed by atoms with van der Waals surface area (Å²) in [5, 5.41) is 4.66. The SMILES string of the molecule is CN1Cc2c(Br)nn(C3CCCC3)c2C1. The van der Waals surface area contributed by atoms with Crippen LogP contribution in [0, 0.1) is 0 Å². The molecule has 3 rings (SSSR count). The fourth-order valence-electron chi connectivity index (χ4n) is 2.83. The Bertz CT molecular complexity index is 379. The lowest BCUT2D eigenvalue weighted by Gasteiger charge is -2.14. The van der Waals surface area contributed by atoms with Gasteiger partial charge in [-0.25, -0.2) is 0 Å². The molecule has 0 aromatic carbocycles. The zero-order valence-electron chi connectivity index (χ0n) is 9.04. The van der Waals surface area contributed by atoms with Crippen LogP contribution in [0.5, 0.6) is 0 Å². The number of hydrogen-bond donors (Lipinski definition) is 0. The van der Waals surface area contributed by atoms with Crippen molar-refractivity contribution in [1.82, 2.24) is 14.7 Å². The third-order valence-electron chi connectivity index (χ3n) is 3.59. The van der Waals surface area contributed by atoms with E-state index >= 15 is 0 Å². The topological polar surface area (TPSA) is 21.1 Å². The van der Waals surface area contributed by atoms with Gasteiger partial charge in [0.15, 0.2) is 0 Å². The predicted molar refractivity (Wildman–Crippen MR) is 62.6 cm³/mol. The molecule has 0 spiro atoms. The van der Waals surface area contributed by atoms with Crippen LogP contribution in [0.2, 0.25) is 0 Å². The maximum absolute atomic E-state index is 4.66. The van der Waals surface area contributed by atoms with E-state index in [2.05, 4.69) is 37.7 Å². The van der Waals surface area contributed by atoms with Gasteiger partial charge in [0, 0.05) is 18.7 Å². The van der Waals surface area contributed by atoms with Crippen LogP contribution in [0.15, 0.2) is 4.60 Å². The Morgan fingerprint density at radius 2 is 2.00 bits per heavy atom. The van der Waals surface area contributed by atoms with Gasteiger partial charge in [0.25, 0.3) is 0 Å². The average Bonchev–Trinajstić information content (AvgIpc) is 2.85. The molecule has 1 aliphatic heterocycles. The zero-order valence-corrected chi connectivity index (χ0v) is 10.6. The number of rotatable bonds is 1. The minimum Gasteiger partial charge on any atom is -0.296 e. The first-order valence-corrected chi connectivity index (χ1v) is 6.49. The van der Waals surface area contributed by atoms with Gasteiger partial charge in [0.1, 0.15) is 4.60 Å². The van der Waals surface area contributed by atoms with Crippen molar-refractivity contribution >= 4 is 15.9 Å². The van der Waals surface area contributed by atoms with E-state index < -0.39 is 0 Å². The molecule has 0 atom stereocenters. The van der Waals surface area contributed by atoms with Gasteiger partial charge in [-0.2, -0.15) is 5.10 Å². The van der Waals surface area contributed by atoms with E-state index in [9.17, 15) is 0 Å². The maximum atomic E-state index is 4.66. The Hall–Kier alpha value is -0.350. The van der Waals surface area contributed by atoms with E-state index in [0.29, 0.717) is 6.04 Å². The molecule has 0 saturated heterocycles. The van der Waals surface area contributed by atoms with Crippen molar-refractivity contribution in [3.63, 3.8) is 0 Å². The summed E-state index contributed by atoms with van der Waals surface area (Å²) in [6, 6.07) is 0.663. The Kier molecular flexibility index (Phi) is 2.36. The van der Waals surface area contributed by atoms with Gasteiger partial charge in [-0.1, -0.05) is 12.8 Å². The lowest BCUT2D eigenvalue weighted by molar-refractivity contribution is 0.332. The first-order chi connectivity index (χ1) is 7.25. The molecule has 4 heteroatoms. The molecule has 0 unspecified atom stereocenters. The van der Waals surface area contributed by atoms with E-state index in [0.717, 1.165) is 17.7 Å². The molecule has 1 aromatic heterocycles. The molecule has 2 aliphatic rings. The van der Waals surface area contributed by atoms with Crippen LogP contribution in [0.1, 0.15) is 43.0 Å². The van der Waals surface area contributed by atoms with Crippen molar-refractivity contribution in [1.29, 1.82) is 0 Å². The Morgan fingerprint density at radius 3 is 2.73 bits per heavy atom. The lowest BCUT2D eigenvalue weighted by Crippen LogP contribution is -2.14. The van der Waals surface area contributed by atoms with Gasteiger partial charge in [0.2, 0.25) is 0 Å². The van der Waals surface area contributed by atoms with E-state index in [-0.39, 0.29) is 0 Å². The van der Waals surface area contributed by atoms with E-state index in [1.54, 1.807) is 0 Å². The molecule has 0 N–H and O–H groups in total. The summed E-state index contributed by atoms with van der Waals surface area (Å²) >= 11 is 3.58. The largest absolute Gasteiger partial charge is 0.296 e. The van der Waals surface area contributed by atoms with Gasteiger partial charge in [0.05, 0.1) is 11.7 Å². The summed E-state index contributed by atoms with van der Waals surface area (Å²) in [7, 11) is 2.17. The fraction of sp³-hybridized carbons (Fsp3) is 0.727. The Labute approximate surface area is 98.6 Å². The summed E-state index contributed by atoms with van der Waals surface area (Å²) in [6.07, 6.45) is 5.36. The van der Waals surface area contributed by atoms with Gasteiger partial charge < -0.3 is 0 Å². The third kappa shape index (κ3) is 1.54. The molecule has 2 heterocycles. The molecule has 3 nitrogen and oxygen atoms in total. The molecule has 1 aliphatic carbocycles. The molecule has 15 heavy (non-hydrogen) atoms. The standard InChI is InChI=1S/C11H16BrN3/c1-14-6-9-10(7-14)15(13-11(9)12)8-4-2-3-5-8/h8H,2-7H2,1H3. The van der Waals surface area contributed by atoms with Crippen LogP contribution in [-0.2, 0) is 13.1 Å². The molecular formula is C11H16BrN3. The van der Waals surface area contributed by atoms with Crippen molar-refractivity contribution in [2.75, 3.05) is 7.05 Å². The normalized spacial score (nSPS) is 22.5. The summed E-state index contributed by atoms with van der Waals surface area (Å²) in [6.45, 7) is 2.10. The number of hydrogen-bond acceptors (Lipinski definition) is 2. The van der Waals surface area contributed by atoms with E-state index in [1.807, 2.05) is 0 Å². The lowest BCUT2D eigenvalue weighted by atomic mass is 10.2. The first-order valence-electron chi connectivity index (χ1n) is 5.70. The minimum absolute atomic E-state index is 0.663. The number of nitrogens with zero attached hydrogens (tertiary/aromatic N) is 3. The van der Waals surface area contributed by atoms with Gasteiger partial charge in [-0.05, 0) is 35.8 Å². The smallest absolute Gasteiger partial charge is 0.132 e. The first kappa shape index (κ1) is 9.85. The summed E-state index contributed by atoms with van der Waals surface area (Å²) in [5.41, 5.74) is 2.85. The third-order valence-corrected chi connectivity index (χ3v) is 4.22. The number of aromatic nitrogens is 2. The molecule has 1 aromatic rings. The second kappa shape index (κ2) is 3.59. The highest BCUT2D eigenvalue weighted by molar-refractivity contribution is 9.10. The molecular weight excluding hydrogens is 254 g/mol. The minimum atomic E-state index is 0.663. The number of halogens is 1. The maximum Gasteiger partial charge on any atom is 0.132 e. The molecule has 0 bridgehead atoms. The molecule has 0 amide bonds. The highest BCUT2D eigenvalue weighted by atomic mass is 79.9. The van der Waals surface area contributed by atoms with Crippen LogP contribution in [0.4, 0.5) is 0 Å². The van der Waals surface area contributed by atoms with Crippen molar-refractivity contribution in [3.8, 4) is 0 Å². The number of fused-ring (bicyclic) bond motifs is 1. The van der Waals surface area contributed by atoms with Crippen molar-refractivity contribution in [3.05, 3.63) is 15.9 Å². The van der Waals surface area contributed by atoms with Crippen LogP contribution in [0.25, 0.3) is 0 Å². The Balaban J connectivity index is 1.99. The second-order valence-corrected chi connectivity index (χ2v) is 5.52. The second-order valence-electron chi connectivity index (χ2n) is 4.77. The zero-order chi connectivity index (χ0) is 10.4. The van der Waals surface area contributed by atoms with E-state index in [1.165, 1.54) is 36.9 Å². The highest BCUT2D eigenvalue weighted by Gasteiger charge is 2.28.